The van der Waals surface area contributed by atoms with Crippen LogP contribution in [0, 0.1) is 7.14 Å². The number of rotatable bonds is 2. The summed E-state index contributed by atoms with van der Waals surface area (Å²) in [6.45, 7) is 0. The molecule has 4 nitrogen and oxygen atoms in total. The summed E-state index contributed by atoms with van der Waals surface area (Å²) >= 11 is 5.58. The molecule has 0 bridgehead atoms. The minimum Gasteiger partial charge on any atom is -0.506 e. The van der Waals surface area contributed by atoms with Crippen molar-refractivity contribution >= 4 is 79.8 Å². The zero-order chi connectivity index (χ0) is 17.3. The second-order valence-electron chi connectivity index (χ2n) is 5.03. The number of thioether (sulfide) groups is 1. The predicted octanol–water partition coefficient (Wildman–Crippen LogP) is 4.84. The number of carbonyl (C=O) groups is 1. The molecule has 1 amide bonds. The largest absolute Gasteiger partial charge is 0.506 e. The maximum absolute atomic E-state index is 12.5. The molecule has 3 rings (SSSR count). The summed E-state index contributed by atoms with van der Waals surface area (Å²) in [6.07, 6.45) is 1.72. The lowest BCUT2D eigenvalue weighted by molar-refractivity contribution is -0.121. The van der Waals surface area contributed by atoms with Crippen LogP contribution in [0.5, 0.6) is 5.75 Å². The van der Waals surface area contributed by atoms with Crippen molar-refractivity contribution in [3.63, 3.8) is 0 Å². The van der Waals surface area contributed by atoms with Crippen molar-refractivity contribution in [2.24, 2.45) is 4.99 Å². The van der Waals surface area contributed by atoms with Gasteiger partial charge in [-0.15, -0.1) is 0 Å². The number of benzene rings is 2. The minimum absolute atomic E-state index is 0.122. The molecule has 2 aromatic rings. The van der Waals surface area contributed by atoms with E-state index >= 15 is 0 Å². The zero-order valence-electron chi connectivity index (χ0n) is 12.5. The summed E-state index contributed by atoms with van der Waals surface area (Å²) in [6, 6.07) is 13.3. The Morgan fingerprint density at radius 1 is 1.21 bits per heavy atom. The number of carbonyl (C=O) groups excluding carboxylic acids is 1. The topological polar surface area (TPSA) is 52.9 Å². The van der Waals surface area contributed by atoms with Gasteiger partial charge in [0.25, 0.3) is 5.91 Å². The molecule has 0 atom stereocenters. The van der Waals surface area contributed by atoms with Gasteiger partial charge < -0.3 is 5.11 Å². The van der Waals surface area contributed by atoms with E-state index in [-0.39, 0.29) is 11.7 Å². The van der Waals surface area contributed by atoms with E-state index in [1.165, 1.54) is 16.7 Å². The number of amidine groups is 1. The maximum Gasteiger partial charge on any atom is 0.266 e. The Labute approximate surface area is 171 Å². The molecule has 1 saturated heterocycles. The van der Waals surface area contributed by atoms with Gasteiger partial charge in [-0.1, -0.05) is 18.2 Å². The van der Waals surface area contributed by atoms with E-state index < -0.39 is 0 Å². The molecule has 24 heavy (non-hydrogen) atoms. The lowest BCUT2D eigenvalue weighted by atomic mass is 10.2. The average molecular weight is 562 g/mol. The van der Waals surface area contributed by atoms with Crippen molar-refractivity contribution in [2.75, 3.05) is 7.05 Å². The number of hydrogen-bond acceptors (Lipinski definition) is 4. The van der Waals surface area contributed by atoms with Crippen LogP contribution in [0.1, 0.15) is 5.56 Å². The van der Waals surface area contributed by atoms with E-state index in [2.05, 4.69) is 50.2 Å². The summed E-state index contributed by atoms with van der Waals surface area (Å²) in [5.41, 5.74) is 1.43. The van der Waals surface area contributed by atoms with Gasteiger partial charge in [0.1, 0.15) is 5.75 Å². The molecule has 0 aromatic heterocycles. The van der Waals surface area contributed by atoms with Crippen LogP contribution in [0.15, 0.2) is 52.4 Å². The second-order valence-corrected chi connectivity index (χ2v) is 8.45. The van der Waals surface area contributed by atoms with Crippen LogP contribution < -0.4 is 0 Å². The van der Waals surface area contributed by atoms with Gasteiger partial charge >= 0.3 is 0 Å². The van der Waals surface area contributed by atoms with Gasteiger partial charge in [-0.05, 0) is 87.3 Å². The average Bonchev–Trinajstić information content (AvgIpc) is 2.81. The van der Waals surface area contributed by atoms with E-state index in [0.29, 0.717) is 15.6 Å². The predicted molar refractivity (Wildman–Crippen MR) is 115 cm³/mol. The third-order valence-corrected chi connectivity index (χ3v) is 5.83. The molecular weight excluding hydrogens is 550 g/mol. The molecule has 0 spiro atoms. The van der Waals surface area contributed by atoms with Crippen molar-refractivity contribution < 1.29 is 9.90 Å². The summed E-state index contributed by atoms with van der Waals surface area (Å²) in [4.78, 5) is 19.0. The highest BCUT2D eigenvalue weighted by molar-refractivity contribution is 14.1. The third-order valence-electron chi connectivity index (χ3n) is 3.33. The maximum atomic E-state index is 12.5. The van der Waals surface area contributed by atoms with E-state index in [0.717, 1.165) is 12.8 Å². The molecule has 1 aliphatic heterocycles. The lowest BCUT2D eigenvalue weighted by Gasteiger charge is -2.07. The molecule has 7 heteroatoms. The van der Waals surface area contributed by atoms with Crippen molar-refractivity contribution in [3.05, 3.63) is 60.1 Å². The zero-order valence-corrected chi connectivity index (χ0v) is 17.7. The highest BCUT2D eigenvalue weighted by Gasteiger charge is 2.30. The van der Waals surface area contributed by atoms with Crippen LogP contribution in [0.2, 0.25) is 0 Å². The van der Waals surface area contributed by atoms with Gasteiger partial charge in [-0.3, -0.25) is 9.69 Å². The van der Waals surface area contributed by atoms with E-state index in [4.69, 9.17) is 0 Å². The fourth-order valence-electron chi connectivity index (χ4n) is 2.10. The van der Waals surface area contributed by atoms with Gasteiger partial charge in [-0.25, -0.2) is 4.99 Å². The van der Waals surface area contributed by atoms with Crippen LogP contribution in [0.25, 0.3) is 6.08 Å². The number of halogens is 2. The number of phenolic OH excluding ortho intramolecular Hbond substituents is 1. The van der Waals surface area contributed by atoms with Crippen LogP contribution in [-0.4, -0.2) is 28.1 Å². The number of amides is 1. The number of aromatic hydroxyl groups is 1. The Morgan fingerprint density at radius 3 is 2.62 bits per heavy atom. The highest BCUT2D eigenvalue weighted by atomic mass is 127. The Bertz CT molecular complexity index is 866. The molecule has 1 heterocycles. The van der Waals surface area contributed by atoms with Crippen molar-refractivity contribution in [1.82, 2.24) is 4.90 Å². The number of nitrogens with zero attached hydrogens (tertiary/aromatic N) is 2. The van der Waals surface area contributed by atoms with Crippen molar-refractivity contribution in [1.29, 1.82) is 0 Å². The quantitative estimate of drug-likeness (QED) is 0.422. The van der Waals surface area contributed by atoms with Gasteiger partial charge in [-0.2, -0.15) is 0 Å². The van der Waals surface area contributed by atoms with Gasteiger partial charge in [0.05, 0.1) is 14.2 Å². The molecule has 0 aliphatic carbocycles. The molecule has 1 N–H and O–H groups in total. The summed E-state index contributed by atoms with van der Waals surface area (Å²) < 4.78 is 1.76. The minimum atomic E-state index is -0.122. The number of hydrogen-bond donors (Lipinski definition) is 1. The smallest absolute Gasteiger partial charge is 0.266 e. The number of para-hydroxylation sites is 1. The van der Waals surface area contributed by atoms with Gasteiger partial charge in [0.2, 0.25) is 0 Å². The van der Waals surface area contributed by atoms with Crippen LogP contribution >= 0.6 is 56.9 Å². The van der Waals surface area contributed by atoms with E-state index in [1.54, 1.807) is 13.1 Å². The molecular formula is C17H12I2N2O2S. The van der Waals surface area contributed by atoms with Crippen molar-refractivity contribution in [3.8, 4) is 5.75 Å². The molecule has 1 aliphatic rings. The molecule has 0 radical (unpaired) electrons. The standard InChI is InChI=1S/C17H12I2N2O2S/c1-21-16(23)14(8-10-7-11(18)9-13(19)15(10)22)24-17(21)20-12-5-3-2-4-6-12/h2-9,22H,1H3. The molecule has 122 valence electrons. The Kier molecular flexibility index (Phi) is 5.50. The SMILES string of the molecule is CN1C(=O)C(=Cc2cc(I)cc(I)c2O)SC1=Nc1ccccc1. The number of phenols is 1. The van der Waals surface area contributed by atoms with Crippen LogP contribution in [-0.2, 0) is 4.79 Å². The van der Waals surface area contributed by atoms with Crippen molar-refractivity contribution in [2.45, 2.75) is 0 Å². The third kappa shape index (κ3) is 3.77. The Balaban J connectivity index is 1.96. The summed E-state index contributed by atoms with van der Waals surface area (Å²) in [5, 5.41) is 10.8. The highest BCUT2D eigenvalue weighted by Crippen LogP contribution is 2.36. The van der Waals surface area contributed by atoms with E-state index in [9.17, 15) is 9.90 Å². The molecule has 0 saturated carbocycles. The summed E-state index contributed by atoms with van der Waals surface area (Å²) in [7, 11) is 1.70. The molecule has 1 fully saturated rings. The Morgan fingerprint density at radius 2 is 1.92 bits per heavy atom. The lowest BCUT2D eigenvalue weighted by Crippen LogP contribution is -2.23. The van der Waals surface area contributed by atoms with Gasteiger partial charge in [0, 0.05) is 16.2 Å². The molecule has 0 unspecified atom stereocenters. The first-order valence-corrected chi connectivity index (χ1v) is 9.92. The van der Waals surface area contributed by atoms with E-state index in [1.807, 2.05) is 42.5 Å². The van der Waals surface area contributed by atoms with Crippen LogP contribution in [0.4, 0.5) is 5.69 Å². The number of likely N-dealkylation sites (N-methyl/N-ethyl adjacent to an activating group) is 1. The second kappa shape index (κ2) is 7.44. The fraction of sp³-hybridized carbons (Fsp3) is 0.0588. The van der Waals surface area contributed by atoms with Gasteiger partial charge in [0.15, 0.2) is 5.17 Å². The fourth-order valence-corrected chi connectivity index (χ4v) is 4.97. The monoisotopic (exact) mass is 562 g/mol. The normalized spacial score (nSPS) is 18.0. The van der Waals surface area contributed by atoms with Crippen LogP contribution in [0.3, 0.4) is 0 Å². The Hall–Kier alpha value is -1.07. The molecule has 2 aromatic carbocycles. The summed E-state index contributed by atoms with van der Waals surface area (Å²) in [5.74, 6) is 0.0657. The number of aliphatic imine (C=N–C) groups is 1. The first kappa shape index (κ1) is 17.7. The first-order valence-electron chi connectivity index (χ1n) is 6.95. The first-order chi connectivity index (χ1) is 11.5.